The second kappa shape index (κ2) is 5.93. The highest BCUT2D eigenvalue weighted by molar-refractivity contribution is 9.10. The number of rotatable bonds is 4. The lowest BCUT2D eigenvalue weighted by Crippen LogP contribution is -2.24. The minimum atomic E-state index is -0.0562. The minimum Gasteiger partial charge on any atom is -0.383 e. The van der Waals surface area contributed by atoms with Gasteiger partial charge in [-0.05, 0) is 40.7 Å². The molecular weight excluding hydrogens is 292 g/mol. The Labute approximate surface area is 115 Å². The fourth-order valence-corrected chi connectivity index (χ4v) is 2.33. The second-order valence-corrected chi connectivity index (χ2v) is 4.69. The van der Waals surface area contributed by atoms with Gasteiger partial charge in [-0.15, -0.1) is 0 Å². The van der Waals surface area contributed by atoms with Crippen molar-refractivity contribution >= 4 is 21.7 Å². The maximum Gasteiger partial charge on any atom is 0.128 e. The van der Waals surface area contributed by atoms with Crippen molar-refractivity contribution in [3.05, 3.63) is 52.4 Å². The van der Waals surface area contributed by atoms with E-state index in [-0.39, 0.29) is 6.04 Å². The lowest BCUT2D eigenvalue weighted by Gasteiger charge is -2.19. The van der Waals surface area contributed by atoms with Crippen LogP contribution in [0.3, 0.4) is 0 Å². The van der Waals surface area contributed by atoms with Crippen LogP contribution in [0.2, 0.25) is 0 Å². The highest BCUT2D eigenvalue weighted by Gasteiger charge is 2.19. The summed E-state index contributed by atoms with van der Waals surface area (Å²) in [4.78, 5) is 8.55. The Morgan fingerprint density at radius 1 is 1.28 bits per heavy atom. The zero-order valence-corrected chi connectivity index (χ0v) is 11.7. The number of nitrogens with two attached hydrogens (primary N) is 1. The van der Waals surface area contributed by atoms with E-state index in [1.807, 2.05) is 24.3 Å². The topological polar surface area (TPSA) is 63.8 Å². The Kier molecular flexibility index (Phi) is 4.28. The van der Waals surface area contributed by atoms with Crippen LogP contribution >= 0.6 is 15.9 Å². The van der Waals surface area contributed by atoms with Crippen LogP contribution in [0.4, 0.5) is 5.82 Å². The third-order valence-corrected chi connectivity index (χ3v) is 3.32. The maximum atomic E-state index is 5.94. The van der Waals surface area contributed by atoms with Crippen molar-refractivity contribution in [3.63, 3.8) is 0 Å². The monoisotopic (exact) mass is 306 g/mol. The summed E-state index contributed by atoms with van der Waals surface area (Å²) in [5, 5.41) is 3.38. The molecule has 0 aromatic carbocycles. The molecule has 18 heavy (non-hydrogen) atoms. The number of nitrogens with one attached hydrogen (secondary N) is 1. The van der Waals surface area contributed by atoms with Gasteiger partial charge < -0.3 is 11.1 Å². The van der Waals surface area contributed by atoms with Crippen molar-refractivity contribution in [2.75, 3.05) is 12.3 Å². The molecule has 0 aliphatic heterocycles. The first kappa shape index (κ1) is 13.0. The Morgan fingerprint density at radius 3 is 2.67 bits per heavy atom. The average Bonchev–Trinajstić information content (AvgIpc) is 2.38. The molecule has 4 nitrogen and oxygen atoms in total. The molecule has 3 N–H and O–H groups in total. The SMILES string of the molecule is CCNC(c1cccnc1N)c1ncccc1Br. The van der Waals surface area contributed by atoms with E-state index in [9.17, 15) is 0 Å². The molecule has 0 bridgehead atoms. The Hall–Kier alpha value is -1.46. The summed E-state index contributed by atoms with van der Waals surface area (Å²) < 4.78 is 0.958. The first-order chi connectivity index (χ1) is 8.74. The summed E-state index contributed by atoms with van der Waals surface area (Å²) in [6, 6.07) is 7.66. The van der Waals surface area contributed by atoms with E-state index in [0.29, 0.717) is 5.82 Å². The standard InChI is InChI=1S/C13H15BrN4/c1-2-16-11(9-5-3-8-18-13(9)15)12-10(14)6-4-7-17-12/h3-8,11,16H,2H2,1H3,(H2,15,18). The van der Waals surface area contributed by atoms with Crippen molar-refractivity contribution in [2.24, 2.45) is 0 Å². The first-order valence-electron chi connectivity index (χ1n) is 5.78. The number of halogens is 1. The zero-order chi connectivity index (χ0) is 13.0. The van der Waals surface area contributed by atoms with Gasteiger partial charge >= 0.3 is 0 Å². The lowest BCUT2D eigenvalue weighted by molar-refractivity contribution is 0.613. The second-order valence-electron chi connectivity index (χ2n) is 3.84. The molecule has 0 amide bonds. The van der Waals surface area contributed by atoms with Gasteiger partial charge in [-0.25, -0.2) is 4.98 Å². The van der Waals surface area contributed by atoms with Gasteiger partial charge in [0.2, 0.25) is 0 Å². The predicted molar refractivity (Wildman–Crippen MR) is 76.1 cm³/mol. The summed E-state index contributed by atoms with van der Waals surface area (Å²) in [5.74, 6) is 0.529. The number of aromatic nitrogens is 2. The quantitative estimate of drug-likeness (QED) is 0.911. The molecule has 0 spiro atoms. The highest BCUT2D eigenvalue weighted by Crippen LogP contribution is 2.28. The van der Waals surface area contributed by atoms with E-state index in [1.165, 1.54) is 0 Å². The van der Waals surface area contributed by atoms with Crippen LogP contribution in [0.1, 0.15) is 24.2 Å². The largest absolute Gasteiger partial charge is 0.383 e. The van der Waals surface area contributed by atoms with Crippen LogP contribution in [-0.2, 0) is 0 Å². The van der Waals surface area contributed by atoms with E-state index in [0.717, 1.165) is 22.3 Å². The molecule has 1 atom stereocenters. The van der Waals surface area contributed by atoms with Crippen LogP contribution in [0.15, 0.2) is 41.1 Å². The molecule has 0 aliphatic rings. The smallest absolute Gasteiger partial charge is 0.128 e. The molecule has 0 radical (unpaired) electrons. The van der Waals surface area contributed by atoms with Crippen LogP contribution in [-0.4, -0.2) is 16.5 Å². The molecule has 0 aliphatic carbocycles. The van der Waals surface area contributed by atoms with Crippen molar-refractivity contribution in [1.82, 2.24) is 15.3 Å². The summed E-state index contributed by atoms with van der Waals surface area (Å²) in [5.41, 5.74) is 7.80. The molecule has 0 saturated heterocycles. The molecule has 5 heteroatoms. The molecule has 2 heterocycles. The number of nitrogens with zero attached hydrogens (tertiary/aromatic N) is 2. The van der Waals surface area contributed by atoms with Crippen molar-refractivity contribution < 1.29 is 0 Å². The summed E-state index contributed by atoms with van der Waals surface area (Å²) in [6.07, 6.45) is 3.46. The Morgan fingerprint density at radius 2 is 2.00 bits per heavy atom. The third-order valence-electron chi connectivity index (χ3n) is 2.65. The number of anilines is 1. The van der Waals surface area contributed by atoms with Gasteiger partial charge in [0, 0.05) is 22.4 Å². The normalized spacial score (nSPS) is 12.3. The molecule has 0 saturated carbocycles. The van der Waals surface area contributed by atoms with E-state index in [2.05, 4.69) is 38.1 Å². The van der Waals surface area contributed by atoms with E-state index < -0.39 is 0 Å². The highest BCUT2D eigenvalue weighted by atomic mass is 79.9. The molecule has 94 valence electrons. The number of hydrogen-bond donors (Lipinski definition) is 2. The molecule has 2 rings (SSSR count). The van der Waals surface area contributed by atoms with Crippen molar-refractivity contribution in [1.29, 1.82) is 0 Å². The lowest BCUT2D eigenvalue weighted by atomic mass is 10.0. The minimum absolute atomic E-state index is 0.0562. The van der Waals surface area contributed by atoms with Gasteiger partial charge in [-0.3, -0.25) is 4.98 Å². The summed E-state index contributed by atoms with van der Waals surface area (Å²) in [6.45, 7) is 2.87. The Balaban J connectivity index is 2.47. The first-order valence-corrected chi connectivity index (χ1v) is 6.57. The van der Waals surface area contributed by atoms with Gasteiger partial charge in [-0.2, -0.15) is 0 Å². The van der Waals surface area contributed by atoms with E-state index in [4.69, 9.17) is 5.73 Å². The molecule has 0 fully saturated rings. The van der Waals surface area contributed by atoms with Gasteiger partial charge in [0.25, 0.3) is 0 Å². The van der Waals surface area contributed by atoms with Crippen LogP contribution in [0.5, 0.6) is 0 Å². The average molecular weight is 307 g/mol. The van der Waals surface area contributed by atoms with E-state index in [1.54, 1.807) is 12.4 Å². The zero-order valence-electron chi connectivity index (χ0n) is 10.1. The van der Waals surface area contributed by atoms with Gasteiger partial charge in [0.05, 0.1) is 11.7 Å². The molecular formula is C13H15BrN4. The van der Waals surface area contributed by atoms with Gasteiger partial charge in [0.15, 0.2) is 0 Å². The van der Waals surface area contributed by atoms with Crippen LogP contribution in [0, 0.1) is 0 Å². The van der Waals surface area contributed by atoms with Gasteiger partial charge in [-0.1, -0.05) is 13.0 Å². The van der Waals surface area contributed by atoms with Crippen molar-refractivity contribution in [3.8, 4) is 0 Å². The fraction of sp³-hybridized carbons (Fsp3) is 0.231. The maximum absolute atomic E-state index is 5.94. The number of nitrogen functional groups attached to an aromatic ring is 1. The summed E-state index contributed by atoms with van der Waals surface area (Å²) in [7, 11) is 0. The predicted octanol–water partition coefficient (Wildman–Crippen LogP) is 2.52. The number of hydrogen-bond acceptors (Lipinski definition) is 4. The molecule has 2 aromatic heterocycles. The molecule has 1 unspecified atom stereocenters. The number of pyridine rings is 2. The van der Waals surface area contributed by atoms with Crippen LogP contribution < -0.4 is 11.1 Å². The van der Waals surface area contributed by atoms with E-state index >= 15 is 0 Å². The summed E-state index contributed by atoms with van der Waals surface area (Å²) >= 11 is 3.53. The van der Waals surface area contributed by atoms with Gasteiger partial charge in [0.1, 0.15) is 5.82 Å². The molecule has 2 aromatic rings. The van der Waals surface area contributed by atoms with Crippen molar-refractivity contribution in [2.45, 2.75) is 13.0 Å². The Bertz CT molecular complexity index is 484. The van der Waals surface area contributed by atoms with Crippen LogP contribution in [0.25, 0.3) is 0 Å². The third kappa shape index (κ3) is 2.68. The fourth-order valence-electron chi connectivity index (χ4n) is 1.84.